The van der Waals surface area contributed by atoms with Gasteiger partial charge in [-0.05, 0) is 32.9 Å². The summed E-state index contributed by atoms with van der Waals surface area (Å²) in [5.41, 5.74) is -0.331. The summed E-state index contributed by atoms with van der Waals surface area (Å²) < 4.78 is 5.06. The number of ether oxygens (including phenoxy) is 1. The van der Waals surface area contributed by atoms with Crippen molar-refractivity contribution < 1.29 is 14.5 Å². The molecule has 0 unspecified atom stereocenters. The molecule has 116 valence electrons. The van der Waals surface area contributed by atoms with Gasteiger partial charge in [0.25, 0.3) is 5.69 Å². The second kappa shape index (κ2) is 7.12. The van der Waals surface area contributed by atoms with Gasteiger partial charge in [0, 0.05) is 24.2 Å². The number of carbonyl (C=O) groups is 1. The fourth-order valence-corrected chi connectivity index (χ4v) is 1.65. The SMILES string of the molecule is CC(C)(C)OC(=O)NCCNc1ccc(Cl)cc1[N+](=O)[O-]. The number of anilines is 1. The molecule has 0 saturated heterocycles. The summed E-state index contributed by atoms with van der Waals surface area (Å²) in [6.45, 7) is 5.89. The van der Waals surface area contributed by atoms with Crippen molar-refractivity contribution in [3.63, 3.8) is 0 Å². The molecule has 0 aliphatic rings. The summed E-state index contributed by atoms with van der Waals surface area (Å²) in [5, 5.41) is 16.6. The van der Waals surface area contributed by atoms with Gasteiger partial charge < -0.3 is 15.4 Å². The molecule has 0 aliphatic heterocycles. The molecule has 1 aromatic carbocycles. The van der Waals surface area contributed by atoms with Crippen LogP contribution in [0.15, 0.2) is 18.2 Å². The van der Waals surface area contributed by atoms with E-state index in [2.05, 4.69) is 10.6 Å². The summed E-state index contributed by atoms with van der Waals surface area (Å²) >= 11 is 5.72. The highest BCUT2D eigenvalue weighted by Crippen LogP contribution is 2.27. The van der Waals surface area contributed by atoms with Crippen LogP contribution in [0.1, 0.15) is 20.8 Å². The number of hydrogen-bond donors (Lipinski definition) is 2. The van der Waals surface area contributed by atoms with Crippen LogP contribution in [-0.2, 0) is 4.74 Å². The molecule has 7 nitrogen and oxygen atoms in total. The zero-order valence-corrected chi connectivity index (χ0v) is 12.9. The molecule has 0 heterocycles. The average Bonchev–Trinajstić information content (AvgIpc) is 2.33. The molecule has 1 aromatic rings. The molecule has 0 atom stereocenters. The number of nitro benzene ring substituents is 1. The lowest BCUT2D eigenvalue weighted by molar-refractivity contribution is -0.383. The van der Waals surface area contributed by atoms with Gasteiger partial charge in [-0.2, -0.15) is 0 Å². The fourth-order valence-electron chi connectivity index (χ4n) is 1.48. The first-order valence-electron chi connectivity index (χ1n) is 6.34. The Morgan fingerprint density at radius 3 is 2.62 bits per heavy atom. The molecular weight excluding hydrogens is 298 g/mol. The maximum absolute atomic E-state index is 11.4. The van der Waals surface area contributed by atoms with Crippen molar-refractivity contribution in [3.8, 4) is 0 Å². The van der Waals surface area contributed by atoms with E-state index in [0.29, 0.717) is 17.3 Å². The fraction of sp³-hybridized carbons (Fsp3) is 0.462. The predicted molar refractivity (Wildman–Crippen MR) is 80.8 cm³/mol. The van der Waals surface area contributed by atoms with Gasteiger partial charge in [-0.1, -0.05) is 11.6 Å². The molecule has 2 N–H and O–H groups in total. The number of amides is 1. The summed E-state index contributed by atoms with van der Waals surface area (Å²) in [4.78, 5) is 21.8. The van der Waals surface area contributed by atoms with Crippen LogP contribution in [0.3, 0.4) is 0 Å². The average molecular weight is 316 g/mol. The van der Waals surface area contributed by atoms with Crippen molar-refractivity contribution in [1.29, 1.82) is 0 Å². The van der Waals surface area contributed by atoms with Crippen LogP contribution in [0.4, 0.5) is 16.2 Å². The lowest BCUT2D eigenvalue weighted by Gasteiger charge is -2.19. The first-order valence-corrected chi connectivity index (χ1v) is 6.71. The Labute approximate surface area is 127 Å². The van der Waals surface area contributed by atoms with Gasteiger partial charge in [-0.15, -0.1) is 0 Å². The first kappa shape index (κ1) is 17.0. The minimum absolute atomic E-state index is 0.111. The number of carbonyl (C=O) groups excluding carboxylic acids is 1. The van der Waals surface area contributed by atoms with E-state index in [-0.39, 0.29) is 12.2 Å². The molecule has 8 heteroatoms. The zero-order chi connectivity index (χ0) is 16.0. The highest BCUT2D eigenvalue weighted by atomic mass is 35.5. The van der Waals surface area contributed by atoms with E-state index < -0.39 is 16.6 Å². The van der Waals surface area contributed by atoms with Crippen LogP contribution in [-0.4, -0.2) is 29.7 Å². The lowest BCUT2D eigenvalue weighted by Crippen LogP contribution is -2.35. The summed E-state index contributed by atoms with van der Waals surface area (Å²) in [5.74, 6) is 0. The molecule has 1 rings (SSSR count). The number of benzene rings is 1. The lowest BCUT2D eigenvalue weighted by atomic mass is 10.2. The van der Waals surface area contributed by atoms with Gasteiger partial charge in [-0.3, -0.25) is 10.1 Å². The van der Waals surface area contributed by atoms with Crippen molar-refractivity contribution in [2.24, 2.45) is 0 Å². The third-order valence-electron chi connectivity index (χ3n) is 2.27. The van der Waals surface area contributed by atoms with E-state index in [9.17, 15) is 14.9 Å². The number of rotatable bonds is 5. The van der Waals surface area contributed by atoms with Crippen LogP contribution in [0.5, 0.6) is 0 Å². The standard InChI is InChI=1S/C13H18ClN3O4/c1-13(2,3)21-12(18)16-7-6-15-10-5-4-9(14)8-11(10)17(19)20/h4-5,8,15H,6-7H2,1-3H3,(H,16,18). The number of nitro groups is 1. The minimum Gasteiger partial charge on any atom is -0.444 e. The van der Waals surface area contributed by atoms with Crippen molar-refractivity contribution in [2.75, 3.05) is 18.4 Å². The highest BCUT2D eigenvalue weighted by Gasteiger charge is 2.16. The number of nitrogens with one attached hydrogen (secondary N) is 2. The Hall–Kier alpha value is -2.02. The maximum atomic E-state index is 11.4. The minimum atomic E-state index is -0.563. The molecule has 0 spiro atoms. The molecule has 0 aliphatic carbocycles. The predicted octanol–water partition coefficient (Wildman–Crippen LogP) is 3.18. The van der Waals surface area contributed by atoms with E-state index in [4.69, 9.17) is 16.3 Å². The van der Waals surface area contributed by atoms with Gasteiger partial charge in [0.05, 0.1) is 4.92 Å². The van der Waals surface area contributed by atoms with Gasteiger partial charge in [0.2, 0.25) is 0 Å². The molecule has 0 bridgehead atoms. The number of nitrogens with zero attached hydrogens (tertiary/aromatic N) is 1. The zero-order valence-electron chi connectivity index (χ0n) is 12.1. The second-order valence-corrected chi connectivity index (χ2v) is 5.71. The van der Waals surface area contributed by atoms with Crippen molar-refractivity contribution in [3.05, 3.63) is 33.3 Å². The summed E-state index contributed by atoms with van der Waals surface area (Å²) in [6, 6.07) is 4.34. The van der Waals surface area contributed by atoms with E-state index >= 15 is 0 Å². The number of alkyl carbamates (subject to hydrolysis) is 1. The third-order valence-corrected chi connectivity index (χ3v) is 2.50. The van der Waals surface area contributed by atoms with Crippen molar-refractivity contribution in [2.45, 2.75) is 26.4 Å². The molecule has 0 saturated carbocycles. The van der Waals surface area contributed by atoms with Crippen LogP contribution in [0.25, 0.3) is 0 Å². The van der Waals surface area contributed by atoms with Crippen molar-refractivity contribution >= 4 is 29.1 Å². The van der Waals surface area contributed by atoms with Gasteiger partial charge in [-0.25, -0.2) is 4.79 Å². The van der Waals surface area contributed by atoms with Crippen LogP contribution in [0, 0.1) is 10.1 Å². The molecule has 1 amide bonds. The smallest absolute Gasteiger partial charge is 0.407 e. The van der Waals surface area contributed by atoms with Gasteiger partial charge in [0.15, 0.2) is 0 Å². The summed E-state index contributed by atoms with van der Waals surface area (Å²) in [7, 11) is 0. The molecule has 0 fully saturated rings. The monoisotopic (exact) mass is 315 g/mol. The Morgan fingerprint density at radius 1 is 1.38 bits per heavy atom. The Bertz CT molecular complexity index is 529. The van der Waals surface area contributed by atoms with Gasteiger partial charge >= 0.3 is 6.09 Å². The second-order valence-electron chi connectivity index (χ2n) is 5.27. The van der Waals surface area contributed by atoms with Gasteiger partial charge in [0.1, 0.15) is 11.3 Å². The van der Waals surface area contributed by atoms with E-state index in [1.807, 2.05) is 0 Å². The molecule has 21 heavy (non-hydrogen) atoms. The van der Waals surface area contributed by atoms with Crippen LogP contribution in [0.2, 0.25) is 5.02 Å². The summed E-state index contributed by atoms with van der Waals surface area (Å²) in [6.07, 6.45) is -0.532. The maximum Gasteiger partial charge on any atom is 0.407 e. The molecular formula is C13H18ClN3O4. The third kappa shape index (κ3) is 6.31. The molecule has 0 radical (unpaired) electrons. The number of halogens is 1. The Morgan fingerprint density at radius 2 is 2.05 bits per heavy atom. The van der Waals surface area contributed by atoms with E-state index in [1.165, 1.54) is 12.1 Å². The molecule has 0 aromatic heterocycles. The first-order chi connectivity index (χ1) is 9.69. The Kier molecular flexibility index (Phi) is 5.78. The highest BCUT2D eigenvalue weighted by molar-refractivity contribution is 6.30. The number of hydrogen-bond acceptors (Lipinski definition) is 5. The van der Waals surface area contributed by atoms with E-state index in [1.54, 1.807) is 26.8 Å². The quantitative estimate of drug-likeness (QED) is 0.494. The topological polar surface area (TPSA) is 93.5 Å². The normalized spacial score (nSPS) is 10.9. The van der Waals surface area contributed by atoms with E-state index in [0.717, 1.165) is 0 Å². The van der Waals surface area contributed by atoms with Crippen LogP contribution < -0.4 is 10.6 Å². The largest absolute Gasteiger partial charge is 0.444 e. The Balaban J connectivity index is 2.47. The van der Waals surface area contributed by atoms with Crippen molar-refractivity contribution in [1.82, 2.24) is 5.32 Å². The van der Waals surface area contributed by atoms with Crippen LogP contribution >= 0.6 is 11.6 Å².